The normalized spacial score (nSPS) is 12.6. The van der Waals surface area contributed by atoms with Crippen LogP contribution in [0.1, 0.15) is 33.3 Å². The highest BCUT2D eigenvalue weighted by Crippen LogP contribution is 2.11. The molecule has 0 atom stereocenters. The third kappa shape index (κ3) is 6.05. The maximum absolute atomic E-state index is 12.0. The van der Waals surface area contributed by atoms with Gasteiger partial charge >= 0.3 is 5.97 Å². The third-order valence-corrected chi connectivity index (χ3v) is 3.85. The second-order valence-corrected chi connectivity index (χ2v) is 7.00. The minimum atomic E-state index is -3.65. The molecule has 0 saturated heterocycles. The number of hydrogen-bond acceptors (Lipinski definition) is 5. The lowest BCUT2D eigenvalue weighted by molar-refractivity contribution is -0.137. The number of carbonyl (C=O) groups excluding carboxylic acids is 1. The fourth-order valence-electron chi connectivity index (χ4n) is 1.46. The minimum absolute atomic E-state index is 0.0642. The Kier molecular flexibility index (Phi) is 5.62. The van der Waals surface area contributed by atoms with Crippen LogP contribution in [0.25, 0.3) is 6.08 Å². The SMILES string of the molecule is CCOC(=O)C=Cc1ccc(S(=O)(=O)NC(C)(C)C)nc1. The van der Waals surface area contributed by atoms with Gasteiger partial charge in [0.2, 0.25) is 0 Å². The van der Waals surface area contributed by atoms with Crippen LogP contribution < -0.4 is 4.72 Å². The van der Waals surface area contributed by atoms with Gasteiger partial charge in [-0.3, -0.25) is 0 Å². The molecule has 0 aromatic carbocycles. The Morgan fingerprint density at radius 2 is 2.05 bits per heavy atom. The number of rotatable bonds is 5. The van der Waals surface area contributed by atoms with Gasteiger partial charge in [0.1, 0.15) is 0 Å². The summed E-state index contributed by atoms with van der Waals surface area (Å²) in [6.07, 6.45) is 4.16. The average Bonchev–Trinajstić information content (AvgIpc) is 2.34. The van der Waals surface area contributed by atoms with Crippen LogP contribution in [-0.2, 0) is 19.6 Å². The molecule has 0 radical (unpaired) electrons. The van der Waals surface area contributed by atoms with Crippen LogP contribution in [0.5, 0.6) is 0 Å². The smallest absolute Gasteiger partial charge is 0.330 e. The number of carbonyl (C=O) groups is 1. The maximum atomic E-state index is 12.0. The van der Waals surface area contributed by atoms with E-state index in [1.807, 2.05) is 0 Å². The Labute approximate surface area is 125 Å². The van der Waals surface area contributed by atoms with Crippen molar-refractivity contribution in [2.24, 2.45) is 0 Å². The highest BCUT2D eigenvalue weighted by Gasteiger charge is 2.22. The largest absolute Gasteiger partial charge is 0.463 e. The second-order valence-electron chi connectivity index (χ2n) is 5.37. The van der Waals surface area contributed by atoms with Gasteiger partial charge in [-0.15, -0.1) is 0 Å². The lowest BCUT2D eigenvalue weighted by atomic mass is 10.1. The molecule has 1 heterocycles. The van der Waals surface area contributed by atoms with E-state index in [2.05, 4.69) is 9.71 Å². The van der Waals surface area contributed by atoms with Crippen molar-refractivity contribution in [3.63, 3.8) is 0 Å². The molecule has 0 aliphatic carbocycles. The number of esters is 1. The van der Waals surface area contributed by atoms with E-state index < -0.39 is 21.5 Å². The third-order valence-electron chi connectivity index (χ3n) is 2.17. The Bertz CT molecular complexity index is 613. The summed E-state index contributed by atoms with van der Waals surface area (Å²) < 4.78 is 31.3. The number of pyridine rings is 1. The Morgan fingerprint density at radius 1 is 1.38 bits per heavy atom. The van der Waals surface area contributed by atoms with Gasteiger partial charge in [-0.2, -0.15) is 0 Å². The van der Waals surface area contributed by atoms with Crippen LogP contribution in [0, 0.1) is 0 Å². The molecule has 7 heteroatoms. The van der Waals surface area contributed by atoms with Gasteiger partial charge in [-0.1, -0.05) is 6.07 Å². The van der Waals surface area contributed by atoms with Crippen molar-refractivity contribution in [1.82, 2.24) is 9.71 Å². The summed E-state index contributed by atoms with van der Waals surface area (Å²) in [7, 11) is -3.65. The predicted octanol–water partition coefficient (Wildman–Crippen LogP) is 1.73. The van der Waals surface area contributed by atoms with Gasteiger partial charge in [-0.05, 0) is 45.4 Å². The van der Waals surface area contributed by atoms with Gasteiger partial charge < -0.3 is 4.74 Å². The molecule has 21 heavy (non-hydrogen) atoms. The van der Waals surface area contributed by atoms with Crippen LogP contribution in [0.3, 0.4) is 0 Å². The summed E-state index contributed by atoms with van der Waals surface area (Å²) in [4.78, 5) is 15.1. The highest BCUT2D eigenvalue weighted by atomic mass is 32.2. The summed E-state index contributed by atoms with van der Waals surface area (Å²) in [6, 6.07) is 2.96. The van der Waals surface area contributed by atoms with Crippen LogP contribution in [0.15, 0.2) is 29.4 Å². The number of hydrogen-bond donors (Lipinski definition) is 1. The fourth-order valence-corrected chi connectivity index (χ4v) is 2.81. The molecule has 1 N–H and O–H groups in total. The average molecular weight is 312 g/mol. The van der Waals surface area contributed by atoms with Gasteiger partial charge in [0, 0.05) is 17.8 Å². The summed E-state index contributed by atoms with van der Waals surface area (Å²) >= 11 is 0. The van der Waals surface area contributed by atoms with Gasteiger partial charge in [0.15, 0.2) is 5.03 Å². The molecule has 1 rings (SSSR count). The van der Waals surface area contributed by atoms with E-state index in [1.54, 1.807) is 33.8 Å². The molecule has 0 aliphatic rings. The fraction of sp³-hybridized carbons (Fsp3) is 0.429. The molecule has 0 unspecified atom stereocenters. The van der Waals surface area contributed by atoms with Crippen molar-refractivity contribution in [3.05, 3.63) is 30.0 Å². The van der Waals surface area contributed by atoms with Crippen LogP contribution >= 0.6 is 0 Å². The molecule has 0 aliphatic heterocycles. The van der Waals surface area contributed by atoms with Crippen molar-refractivity contribution in [1.29, 1.82) is 0 Å². The first-order chi connectivity index (χ1) is 9.64. The molecule has 0 fully saturated rings. The molecule has 0 saturated carbocycles. The molecule has 0 amide bonds. The monoisotopic (exact) mass is 312 g/mol. The maximum Gasteiger partial charge on any atom is 0.330 e. The number of ether oxygens (including phenoxy) is 1. The quantitative estimate of drug-likeness (QED) is 0.661. The summed E-state index contributed by atoms with van der Waals surface area (Å²) in [5.74, 6) is -0.455. The van der Waals surface area contributed by atoms with Gasteiger partial charge in [0.05, 0.1) is 6.61 Å². The van der Waals surface area contributed by atoms with Crippen molar-refractivity contribution in [2.45, 2.75) is 38.3 Å². The molecule has 6 nitrogen and oxygen atoms in total. The van der Waals surface area contributed by atoms with Gasteiger partial charge in [-0.25, -0.2) is 22.9 Å². The summed E-state index contributed by atoms with van der Waals surface area (Å²) in [6.45, 7) is 7.27. The summed E-state index contributed by atoms with van der Waals surface area (Å²) in [5.41, 5.74) is 0.0287. The molecular formula is C14H20N2O4S. The first-order valence-electron chi connectivity index (χ1n) is 6.49. The first-order valence-corrected chi connectivity index (χ1v) is 7.97. The topological polar surface area (TPSA) is 85.4 Å². The van der Waals surface area contributed by atoms with E-state index in [9.17, 15) is 13.2 Å². The van der Waals surface area contributed by atoms with Crippen molar-refractivity contribution in [3.8, 4) is 0 Å². The summed E-state index contributed by atoms with van der Waals surface area (Å²) in [5, 5.41) is -0.0642. The van der Waals surface area contributed by atoms with E-state index in [0.29, 0.717) is 12.2 Å². The van der Waals surface area contributed by atoms with Crippen LogP contribution in [-0.4, -0.2) is 31.5 Å². The molecule has 1 aromatic rings. The zero-order valence-electron chi connectivity index (χ0n) is 12.6. The van der Waals surface area contributed by atoms with E-state index >= 15 is 0 Å². The van der Waals surface area contributed by atoms with Crippen LogP contribution in [0.4, 0.5) is 0 Å². The molecule has 0 spiro atoms. The highest BCUT2D eigenvalue weighted by molar-refractivity contribution is 7.89. The van der Waals surface area contributed by atoms with Crippen molar-refractivity contribution >= 4 is 22.1 Å². The number of aromatic nitrogens is 1. The predicted molar refractivity (Wildman–Crippen MR) is 80.0 cm³/mol. The lowest BCUT2D eigenvalue weighted by Crippen LogP contribution is -2.40. The molecule has 1 aromatic heterocycles. The van der Waals surface area contributed by atoms with Crippen LogP contribution in [0.2, 0.25) is 0 Å². The molecular weight excluding hydrogens is 292 g/mol. The number of nitrogens with one attached hydrogen (secondary N) is 1. The van der Waals surface area contributed by atoms with Gasteiger partial charge in [0.25, 0.3) is 10.0 Å². The van der Waals surface area contributed by atoms with E-state index in [-0.39, 0.29) is 5.03 Å². The first kappa shape index (κ1) is 17.3. The Balaban J connectivity index is 2.86. The molecule has 116 valence electrons. The standard InChI is InChI=1S/C14H20N2O4S/c1-5-20-13(17)9-7-11-6-8-12(15-10-11)21(18,19)16-14(2,3)4/h6-10,16H,5H2,1-4H3. The number of sulfonamides is 1. The van der Waals surface area contributed by atoms with E-state index in [1.165, 1.54) is 24.4 Å². The molecule has 0 bridgehead atoms. The number of nitrogens with zero attached hydrogens (tertiary/aromatic N) is 1. The second kappa shape index (κ2) is 6.82. The van der Waals surface area contributed by atoms with Crippen molar-refractivity contribution in [2.75, 3.05) is 6.61 Å². The van der Waals surface area contributed by atoms with Crippen molar-refractivity contribution < 1.29 is 17.9 Å². The lowest BCUT2D eigenvalue weighted by Gasteiger charge is -2.19. The minimum Gasteiger partial charge on any atom is -0.463 e. The Morgan fingerprint density at radius 3 is 2.52 bits per heavy atom. The van der Waals surface area contributed by atoms with E-state index in [4.69, 9.17) is 4.74 Å². The zero-order chi connectivity index (χ0) is 16.1. The van der Waals surface area contributed by atoms with E-state index in [0.717, 1.165) is 0 Å². The Hall–Kier alpha value is -1.73. The zero-order valence-corrected chi connectivity index (χ0v) is 13.4.